The van der Waals surface area contributed by atoms with Crippen molar-refractivity contribution in [1.82, 2.24) is 0 Å². The number of halogens is 2. The smallest absolute Gasteiger partial charge is 0.227 e. The largest absolute Gasteiger partial charge is 0.309 e. The Balaban J connectivity index is 1.09. The molecule has 4 heteroatoms. The fourth-order valence-corrected chi connectivity index (χ4v) is 10.2. The van der Waals surface area contributed by atoms with Gasteiger partial charge in [0, 0.05) is 18.5 Å². The van der Waals surface area contributed by atoms with E-state index in [0.29, 0.717) is 41.7 Å². The Bertz CT molecular complexity index is 992. The van der Waals surface area contributed by atoms with E-state index in [1.807, 2.05) is 0 Å². The number of hydrogen-bond acceptors (Lipinski definition) is 1. The van der Waals surface area contributed by atoms with Crippen molar-refractivity contribution < 1.29 is 13.6 Å². The average Bonchev–Trinajstić information content (AvgIpc) is 3.44. The van der Waals surface area contributed by atoms with Crippen molar-refractivity contribution in [3.05, 3.63) is 29.3 Å². The lowest BCUT2D eigenvalue weighted by Crippen LogP contribution is -2.52. The van der Waals surface area contributed by atoms with Gasteiger partial charge in [0.25, 0.3) is 0 Å². The lowest BCUT2D eigenvalue weighted by atomic mass is 9.45. The summed E-state index contributed by atoms with van der Waals surface area (Å²) in [6.45, 7) is 5.63. The maximum atomic E-state index is 14.4. The van der Waals surface area contributed by atoms with Crippen LogP contribution in [0, 0.1) is 52.1 Å². The van der Waals surface area contributed by atoms with Crippen LogP contribution in [-0.4, -0.2) is 12.5 Å². The van der Waals surface area contributed by atoms with Crippen molar-refractivity contribution in [3.8, 4) is 0 Å². The molecule has 1 amide bonds. The SMILES string of the molecule is CC12CCCCC1CCC1C2CCC2(C)C(CCCC(=O)N3CCc4c(F)ccc(F)c43)CCC12. The summed E-state index contributed by atoms with van der Waals surface area (Å²) in [6, 6.07) is 2.33. The Kier molecular flexibility index (Phi) is 6.04. The van der Waals surface area contributed by atoms with Crippen molar-refractivity contribution in [2.75, 3.05) is 11.4 Å². The van der Waals surface area contributed by atoms with Gasteiger partial charge in [-0.1, -0.05) is 26.7 Å². The first-order valence-electron chi connectivity index (χ1n) is 14.6. The normalized spacial score (nSPS) is 40.1. The predicted octanol–water partition coefficient (Wildman–Crippen LogP) is 8.07. The number of rotatable bonds is 4. The summed E-state index contributed by atoms with van der Waals surface area (Å²) in [5, 5.41) is 0. The van der Waals surface area contributed by atoms with Crippen molar-refractivity contribution >= 4 is 11.6 Å². The minimum atomic E-state index is -0.475. The van der Waals surface area contributed by atoms with Gasteiger partial charge in [0.15, 0.2) is 0 Å². The summed E-state index contributed by atoms with van der Waals surface area (Å²) in [5.74, 6) is 3.48. The molecule has 0 N–H and O–H groups in total. The van der Waals surface area contributed by atoms with Gasteiger partial charge in [0.2, 0.25) is 5.91 Å². The van der Waals surface area contributed by atoms with E-state index in [-0.39, 0.29) is 11.6 Å². The number of carbonyl (C=O) groups is 1. The molecule has 7 atom stereocenters. The first-order valence-corrected chi connectivity index (χ1v) is 14.6. The Morgan fingerprint density at radius 3 is 2.60 bits per heavy atom. The van der Waals surface area contributed by atoms with E-state index in [1.54, 1.807) is 0 Å². The maximum Gasteiger partial charge on any atom is 0.227 e. The van der Waals surface area contributed by atoms with Gasteiger partial charge in [-0.25, -0.2) is 8.78 Å². The highest BCUT2D eigenvalue weighted by atomic mass is 19.1. The molecular formula is C31H43F2NO. The molecule has 1 aliphatic heterocycles. The lowest BCUT2D eigenvalue weighted by Gasteiger charge is -2.60. The number of nitrogens with zero attached hydrogens (tertiary/aromatic N) is 1. The third-order valence-corrected chi connectivity index (χ3v) is 12.1. The van der Waals surface area contributed by atoms with Crippen LogP contribution in [0.15, 0.2) is 12.1 Å². The highest BCUT2D eigenvalue weighted by Gasteiger charge is 2.59. The van der Waals surface area contributed by atoms with Crippen LogP contribution in [-0.2, 0) is 11.2 Å². The number of hydrogen-bond donors (Lipinski definition) is 0. The highest BCUT2D eigenvalue weighted by molar-refractivity contribution is 5.95. The van der Waals surface area contributed by atoms with Crippen LogP contribution in [0.1, 0.15) is 103 Å². The highest BCUT2D eigenvalue weighted by Crippen LogP contribution is 2.67. The molecule has 4 fully saturated rings. The topological polar surface area (TPSA) is 20.3 Å². The number of anilines is 1. The van der Waals surface area contributed by atoms with Gasteiger partial charge in [-0.15, -0.1) is 0 Å². The molecule has 4 saturated carbocycles. The van der Waals surface area contributed by atoms with E-state index in [2.05, 4.69) is 13.8 Å². The Morgan fingerprint density at radius 2 is 1.74 bits per heavy atom. The molecule has 5 aliphatic rings. The Labute approximate surface area is 210 Å². The zero-order chi connectivity index (χ0) is 24.4. The minimum Gasteiger partial charge on any atom is -0.309 e. The van der Waals surface area contributed by atoms with Crippen molar-refractivity contribution in [1.29, 1.82) is 0 Å². The fraction of sp³-hybridized carbons (Fsp3) is 0.774. The minimum absolute atomic E-state index is 0.0415. The summed E-state index contributed by atoms with van der Waals surface area (Å²) in [7, 11) is 0. The molecule has 0 radical (unpaired) electrons. The van der Waals surface area contributed by atoms with Crippen LogP contribution in [0.25, 0.3) is 0 Å². The van der Waals surface area contributed by atoms with Gasteiger partial charge in [-0.2, -0.15) is 0 Å². The molecule has 0 bridgehead atoms. The molecule has 1 aromatic rings. The molecular weight excluding hydrogens is 440 g/mol. The molecule has 192 valence electrons. The predicted molar refractivity (Wildman–Crippen MR) is 136 cm³/mol. The monoisotopic (exact) mass is 483 g/mol. The van der Waals surface area contributed by atoms with Gasteiger partial charge >= 0.3 is 0 Å². The molecule has 1 aromatic carbocycles. The molecule has 1 heterocycles. The van der Waals surface area contributed by atoms with Gasteiger partial charge < -0.3 is 4.90 Å². The molecule has 0 aromatic heterocycles. The summed E-state index contributed by atoms with van der Waals surface area (Å²) in [6.07, 6.45) is 17.0. The molecule has 0 spiro atoms. The summed E-state index contributed by atoms with van der Waals surface area (Å²) < 4.78 is 28.5. The third kappa shape index (κ3) is 3.71. The van der Waals surface area contributed by atoms with E-state index < -0.39 is 11.6 Å². The Hall–Kier alpha value is -1.45. The van der Waals surface area contributed by atoms with E-state index in [0.717, 1.165) is 42.6 Å². The Morgan fingerprint density at radius 1 is 0.943 bits per heavy atom. The molecule has 7 unspecified atom stereocenters. The quantitative estimate of drug-likeness (QED) is 0.424. The lowest BCUT2D eigenvalue weighted by molar-refractivity contribution is -0.119. The first kappa shape index (κ1) is 23.9. The van der Waals surface area contributed by atoms with Gasteiger partial charge in [0.05, 0.1) is 5.69 Å². The zero-order valence-corrected chi connectivity index (χ0v) is 21.8. The van der Waals surface area contributed by atoms with Crippen LogP contribution < -0.4 is 4.90 Å². The van der Waals surface area contributed by atoms with E-state index in [9.17, 15) is 13.6 Å². The maximum absolute atomic E-state index is 14.4. The first-order chi connectivity index (χ1) is 16.8. The second-order valence-electron chi connectivity index (χ2n) is 13.3. The standard InChI is InChI=1S/C31H43F2NO/c1-30-17-4-3-6-20(30)9-11-22-24-12-10-21(31(24,2)18-15-25(22)30)7-5-8-28(35)34-19-16-23-26(32)13-14-27(33)29(23)34/h13-14,20-22,24-25H,3-12,15-19H2,1-2H3. The number of amides is 1. The van der Waals surface area contributed by atoms with Gasteiger partial charge in [-0.05, 0) is 123 Å². The molecule has 0 saturated heterocycles. The molecule has 35 heavy (non-hydrogen) atoms. The number of fused-ring (bicyclic) bond motifs is 6. The summed E-state index contributed by atoms with van der Waals surface area (Å²) >= 11 is 0. The second-order valence-corrected chi connectivity index (χ2v) is 13.3. The van der Waals surface area contributed by atoms with Crippen molar-refractivity contribution in [2.24, 2.45) is 40.4 Å². The average molecular weight is 484 g/mol. The van der Waals surface area contributed by atoms with E-state index in [1.165, 1.54) is 75.2 Å². The summed E-state index contributed by atoms with van der Waals surface area (Å²) in [5.41, 5.74) is 1.57. The molecule has 2 nitrogen and oxygen atoms in total. The van der Waals surface area contributed by atoms with Crippen LogP contribution >= 0.6 is 0 Å². The van der Waals surface area contributed by atoms with Crippen molar-refractivity contribution in [3.63, 3.8) is 0 Å². The second kappa shape index (κ2) is 8.84. The van der Waals surface area contributed by atoms with Crippen LogP contribution in [0.5, 0.6) is 0 Å². The zero-order valence-electron chi connectivity index (χ0n) is 21.8. The van der Waals surface area contributed by atoms with Crippen LogP contribution in [0.2, 0.25) is 0 Å². The molecule has 6 rings (SSSR count). The van der Waals surface area contributed by atoms with Crippen LogP contribution in [0.4, 0.5) is 14.5 Å². The fourth-order valence-electron chi connectivity index (χ4n) is 10.2. The van der Waals surface area contributed by atoms with Gasteiger partial charge in [0.1, 0.15) is 11.6 Å². The molecule has 4 aliphatic carbocycles. The van der Waals surface area contributed by atoms with Gasteiger partial charge in [-0.3, -0.25) is 4.79 Å². The van der Waals surface area contributed by atoms with Crippen molar-refractivity contribution in [2.45, 2.75) is 104 Å². The number of carbonyl (C=O) groups excluding carboxylic acids is 1. The summed E-state index contributed by atoms with van der Waals surface area (Å²) in [4.78, 5) is 14.5. The number of benzene rings is 1. The third-order valence-electron chi connectivity index (χ3n) is 12.1. The van der Waals surface area contributed by atoms with E-state index in [4.69, 9.17) is 0 Å². The van der Waals surface area contributed by atoms with E-state index >= 15 is 0 Å². The van der Waals surface area contributed by atoms with Crippen LogP contribution in [0.3, 0.4) is 0 Å².